The van der Waals surface area contributed by atoms with Crippen LogP contribution in [0.4, 0.5) is 0 Å². The Labute approximate surface area is 128 Å². The summed E-state index contributed by atoms with van der Waals surface area (Å²) in [6.07, 6.45) is 4.07. The molecule has 0 heterocycles. The maximum atomic E-state index is 10.6. The first-order valence-electron chi connectivity index (χ1n) is 6.26. The van der Waals surface area contributed by atoms with E-state index in [9.17, 15) is 19.2 Å². The molecule has 0 bridgehead atoms. The molecule has 0 atom stereocenters. The second-order valence-electron chi connectivity index (χ2n) is 3.22. The molecule has 0 radical (unpaired) electrons. The molecule has 0 amide bonds. The van der Waals surface area contributed by atoms with Crippen molar-refractivity contribution in [3.05, 3.63) is 24.3 Å². The Morgan fingerprint density at radius 2 is 0.909 bits per heavy atom. The van der Waals surface area contributed by atoms with Crippen molar-refractivity contribution < 1.29 is 38.1 Å². The van der Waals surface area contributed by atoms with Gasteiger partial charge in [-0.05, 0) is 13.8 Å². The minimum atomic E-state index is -0.578. The fourth-order valence-electron chi connectivity index (χ4n) is 0.789. The monoisotopic (exact) mass is 316 g/mol. The third-order valence-electron chi connectivity index (χ3n) is 1.69. The average molecular weight is 316 g/mol. The van der Waals surface area contributed by atoms with Gasteiger partial charge in [-0.25, -0.2) is 19.2 Å². The summed E-state index contributed by atoms with van der Waals surface area (Å²) in [5.41, 5.74) is 0. The molecule has 22 heavy (non-hydrogen) atoms. The van der Waals surface area contributed by atoms with Crippen molar-refractivity contribution in [2.45, 2.75) is 13.8 Å². The van der Waals surface area contributed by atoms with Crippen molar-refractivity contribution in [2.24, 2.45) is 0 Å². The van der Waals surface area contributed by atoms with Gasteiger partial charge < -0.3 is 18.9 Å². The lowest BCUT2D eigenvalue weighted by molar-refractivity contribution is -0.140. The van der Waals surface area contributed by atoms with Gasteiger partial charge in [0.25, 0.3) is 0 Å². The zero-order valence-corrected chi connectivity index (χ0v) is 13.0. The van der Waals surface area contributed by atoms with E-state index in [2.05, 4.69) is 18.9 Å². The Kier molecular flexibility index (Phi) is 14.5. The predicted molar refractivity (Wildman–Crippen MR) is 75.6 cm³/mol. The molecule has 0 saturated carbocycles. The van der Waals surface area contributed by atoms with Crippen molar-refractivity contribution in [2.75, 3.05) is 27.4 Å². The molecule has 0 aliphatic rings. The van der Waals surface area contributed by atoms with Gasteiger partial charge in [-0.15, -0.1) is 0 Å². The molecular weight excluding hydrogens is 296 g/mol. The van der Waals surface area contributed by atoms with Gasteiger partial charge in [0.1, 0.15) is 0 Å². The van der Waals surface area contributed by atoms with Crippen LogP contribution < -0.4 is 0 Å². The van der Waals surface area contributed by atoms with Gasteiger partial charge in [-0.2, -0.15) is 0 Å². The molecule has 0 spiro atoms. The van der Waals surface area contributed by atoms with Crippen LogP contribution in [0.2, 0.25) is 0 Å². The molecule has 0 aliphatic heterocycles. The van der Waals surface area contributed by atoms with Crippen LogP contribution in [-0.4, -0.2) is 51.3 Å². The summed E-state index contributed by atoms with van der Waals surface area (Å²) in [5.74, 6) is -2.23. The quantitative estimate of drug-likeness (QED) is 0.397. The fraction of sp³-hybridized carbons (Fsp3) is 0.429. The Morgan fingerprint density at radius 1 is 0.636 bits per heavy atom. The van der Waals surface area contributed by atoms with Crippen LogP contribution >= 0.6 is 0 Å². The molecule has 8 nitrogen and oxygen atoms in total. The van der Waals surface area contributed by atoms with Crippen molar-refractivity contribution in [3.63, 3.8) is 0 Å². The zero-order chi connectivity index (χ0) is 17.4. The normalized spacial score (nSPS) is 9.64. The lowest BCUT2D eigenvalue weighted by Gasteiger charge is -1.95. The van der Waals surface area contributed by atoms with Crippen molar-refractivity contribution in [1.82, 2.24) is 0 Å². The first kappa shape index (κ1) is 21.7. The van der Waals surface area contributed by atoms with Gasteiger partial charge in [-0.1, -0.05) is 0 Å². The lowest BCUT2D eigenvalue weighted by Crippen LogP contribution is -2.03. The SMILES string of the molecule is CCOC(=O)/C=C/C(=O)OCC.COC(=O)/C=C/C(=O)OC. The Morgan fingerprint density at radius 3 is 1.14 bits per heavy atom. The minimum Gasteiger partial charge on any atom is -0.466 e. The summed E-state index contributed by atoms with van der Waals surface area (Å²) in [7, 11) is 2.45. The number of esters is 4. The van der Waals surface area contributed by atoms with Gasteiger partial charge in [-0.3, -0.25) is 0 Å². The summed E-state index contributed by atoms with van der Waals surface area (Å²) >= 11 is 0. The highest BCUT2D eigenvalue weighted by molar-refractivity contribution is 5.92. The van der Waals surface area contributed by atoms with Crippen LogP contribution in [-0.2, 0) is 38.1 Å². The van der Waals surface area contributed by atoms with E-state index in [4.69, 9.17) is 0 Å². The van der Waals surface area contributed by atoms with E-state index >= 15 is 0 Å². The number of methoxy groups -OCH3 is 2. The van der Waals surface area contributed by atoms with E-state index in [0.29, 0.717) is 13.2 Å². The molecule has 0 aliphatic carbocycles. The van der Waals surface area contributed by atoms with E-state index in [0.717, 1.165) is 24.3 Å². The number of carbonyl (C=O) groups is 4. The molecule has 8 heteroatoms. The molecule has 0 fully saturated rings. The number of carbonyl (C=O) groups excluding carboxylic acids is 4. The van der Waals surface area contributed by atoms with Crippen LogP contribution in [0.25, 0.3) is 0 Å². The van der Waals surface area contributed by atoms with Crippen LogP contribution in [0.1, 0.15) is 13.8 Å². The third kappa shape index (κ3) is 15.4. The molecule has 0 rings (SSSR count). The Balaban J connectivity index is 0. The highest BCUT2D eigenvalue weighted by Crippen LogP contribution is 1.84. The third-order valence-corrected chi connectivity index (χ3v) is 1.69. The molecule has 0 N–H and O–H groups in total. The van der Waals surface area contributed by atoms with Gasteiger partial charge in [0.15, 0.2) is 0 Å². The molecule has 0 aromatic carbocycles. The van der Waals surface area contributed by atoms with Gasteiger partial charge in [0, 0.05) is 24.3 Å². The van der Waals surface area contributed by atoms with Crippen LogP contribution in [0.3, 0.4) is 0 Å². The molecular formula is C14H20O8. The summed E-state index contributed by atoms with van der Waals surface area (Å²) < 4.78 is 17.5. The fourth-order valence-corrected chi connectivity index (χ4v) is 0.789. The highest BCUT2D eigenvalue weighted by atomic mass is 16.5. The highest BCUT2D eigenvalue weighted by Gasteiger charge is 1.97. The van der Waals surface area contributed by atoms with E-state index in [-0.39, 0.29) is 0 Å². The number of rotatable bonds is 6. The van der Waals surface area contributed by atoms with E-state index < -0.39 is 23.9 Å². The van der Waals surface area contributed by atoms with Crippen LogP contribution in [0.15, 0.2) is 24.3 Å². The first-order chi connectivity index (χ1) is 10.4. The van der Waals surface area contributed by atoms with Crippen LogP contribution in [0.5, 0.6) is 0 Å². The maximum absolute atomic E-state index is 10.6. The molecule has 0 aromatic heterocycles. The largest absolute Gasteiger partial charge is 0.466 e. The van der Waals surface area contributed by atoms with Crippen molar-refractivity contribution in [3.8, 4) is 0 Å². The number of hydrogen-bond acceptors (Lipinski definition) is 8. The Bertz CT molecular complexity index is 385. The topological polar surface area (TPSA) is 105 Å². The zero-order valence-electron chi connectivity index (χ0n) is 13.0. The second kappa shape index (κ2) is 14.8. The van der Waals surface area contributed by atoms with Crippen molar-refractivity contribution >= 4 is 23.9 Å². The molecule has 0 unspecified atom stereocenters. The second-order valence-corrected chi connectivity index (χ2v) is 3.22. The summed E-state index contributed by atoms with van der Waals surface area (Å²) in [5, 5.41) is 0. The average Bonchev–Trinajstić information content (AvgIpc) is 2.51. The smallest absolute Gasteiger partial charge is 0.330 e. The number of ether oxygens (including phenoxy) is 4. The summed E-state index contributed by atoms with van der Waals surface area (Å²) in [4.78, 5) is 41.9. The molecule has 0 aromatic rings. The van der Waals surface area contributed by atoms with E-state index in [1.807, 2.05) is 0 Å². The minimum absolute atomic E-state index is 0.298. The standard InChI is InChI=1S/C8H12O4.C6H8O4/c1-3-11-7(9)5-6-8(10)12-4-2;1-9-5(7)3-4-6(8)10-2/h5-6H,3-4H2,1-2H3;3-4H,1-2H3/b6-5+;4-3+. The van der Waals surface area contributed by atoms with E-state index in [1.165, 1.54) is 14.2 Å². The summed E-state index contributed by atoms with van der Waals surface area (Å²) in [6, 6.07) is 0. The van der Waals surface area contributed by atoms with Crippen molar-refractivity contribution in [1.29, 1.82) is 0 Å². The van der Waals surface area contributed by atoms with Gasteiger partial charge >= 0.3 is 23.9 Å². The first-order valence-corrected chi connectivity index (χ1v) is 6.26. The predicted octanol–water partition coefficient (Wildman–Crippen LogP) is 0.557. The lowest BCUT2D eigenvalue weighted by atomic mass is 10.5. The Hall–Kier alpha value is -2.64. The summed E-state index contributed by atoms with van der Waals surface area (Å²) in [6.45, 7) is 3.98. The van der Waals surface area contributed by atoms with Crippen LogP contribution in [0, 0.1) is 0 Å². The molecule has 124 valence electrons. The van der Waals surface area contributed by atoms with Gasteiger partial charge in [0.2, 0.25) is 0 Å². The van der Waals surface area contributed by atoms with E-state index in [1.54, 1.807) is 13.8 Å². The van der Waals surface area contributed by atoms with Gasteiger partial charge in [0.05, 0.1) is 27.4 Å². The molecule has 0 saturated heterocycles. The number of hydrogen-bond donors (Lipinski definition) is 0. The maximum Gasteiger partial charge on any atom is 0.330 e.